The third-order valence-corrected chi connectivity index (χ3v) is 5.98. The van der Waals surface area contributed by atoms with Crippen LogP contribution in [0.25, 0.3) is 11.1 Å². The predicted octanol–water partition coefficient (Wildman–Crippen LogP) is 3.04. The van der Waals surface area contributed by atoms with Gasteiger partial charge in [0.2, 0.25) is 0 Å². The van der Waals surface area contributed by atoms with Crippen molar-refractivity contribution < 1.29 is 9.59 Å². The van der Waals surface area contributed by atoms with E-state index in [1.165, 1.54) is 10.6 Å². The molecule has 0 radical (unpaired) electrons. The summed E-state index contributed by atoms with van der Waals surface area (Å²) in [6, 6.07) is 17.3. The molecule has 1 saturated heterocycles. The van der Waals surface area contributed by atoms with E-state index in [9.17, 15) is 9.59 Å². The summed E-state index contributed by atoms with van der Waals surface area (Å²) >= 11 is 0. The van der Waals surface area contributed by atoms with E-state index in [4.69, 9.17) is 5.73 Å². The monoisotopic (exact) mass is 458 g/mol. The van der Waals surface area contributed by atoms with Gasteiger partial charge in [0.1, 0.15) is 0 Å². The quantitative estimate of drug-likeness (QED) is 0.590. The zero-order chi connectivity index (χ0) is 24.2. The number of aromatic nitrogens is 1. The van der Waals surface area contributed by atoms with E-state index < -0.39 is 5.91 Å². The highest BCUT2D eigenvalue weighted by Crippen LogP contribution is 2.28. The number of hydrogen-bond acceptors (Lipinski definition) is 6. The number of hydrogen-bond donors (Lipinski definition) is 2. The van der Waals surface area contributed by atoms with Crippen LogP contribution in [0.5, 0.6) is 0 Å². The molecule has 0 spiro atoms. The standard InChI is InChI=1S/C26H30N6O2/c1-30(2)26(34)19-6-4-5-18(15-19)20-16-23(24(25(27)33)28-17-20)29-21-7-9-22(10-8-21)32-13-11-31(3)12-14-32/h4-10,15-17,29H,11-14H2,1-3H3,(H2,27,33). The van der Waals surface area contributed by atoms with E-state index in [1.54, 1.807) is 26.4 Å². The van der Waals surface area contributed by atoms with Crippen LogP contribution in [0.3, 0.4) is 0 Å². The van der Waals surface area contributed by atoms with Crippen LogP contribution in [0, 0.1) is 0 Å². The molecule has 3 aromatic rings. The first-order valence-corrected chi connectivity index (χ1v) is 11.2. The number of piperazine rings is 1. The van der Waals surface area contributed by atoms with Gasteiger partial charge in [0.25, 0.3) is 11.8 Å². The SMILES string of the molecule is CN1CCN(c2ccc(Nc3cc(-c4cccc(C(=O)N(C)C)c4)cnc3C(N)=O)cc2)CC1. The topological polar surface area (TPSA) is 94.8 Å². The molecule has 1 fully saturated rings. The molecule has 2 heterocycles. The summed E-state index contributed by atoms with van der Waals surface area (Å²) < 4.78 is 0. The molecule has 1 aromatic heterocycles. The minimum absolute atomic E-state index is 0.0812. The fourth-order valence-corrected chi connectivity index (χ4v) is 3.98. The van der Waals surface area contributed by atoms with E-state index in [2.05, 4.69) is 39.3 Å². The van der Waals surface area contributed by atoms with Crippen LogP contribution in [0.4, 0.5) is 17.1 Å². The number of rotatable bonds is 6. The third-order valence-electron chi connectivity index (χ3n) is 5.98. The van der Waals surface area contributed by atoms with E-state index in [-0.39, 0.29) is 11.6 Å². The van der Waals surface area contributed by atoms with Crippen molar-refractivity contribution in [3.8, 4) is 11.1 Å². The van der Waals surface area contributed by atoms with Gasteiger partial charge in [-0.1, -0.05) is 12.1 Å². The summed E-state index contributed by atoms with van der Waals surface area (Å²) in [5.74, 6) is -0.693. The zero-order valence-electron chi connectivity index (χ0n) is 19.8. The maximum absolute atomic E-state index is 12.4. The molecular weight excluding hydrogens is 428 g/mol. The Morgan fingerprint density at radius 3 is 2.32 bits per heavy atom. The van der Waals surface area contributed by atoms with Crippen molar-refractivity contribution in [3.05, 3.63) is 72.1 Å². The van der Waals surface area contributed by atoms with E-state index >= 15 is 0 Å². The van der Waals surface area contributed by atoms with Crippen molar-refractivity contribution in [2.24, 2.45) is 5.73 Å². The maximum atomic E-state index is 12.4. The molecule has 0 saturated carbocycles. The van der Waals surface area contributed by atoms with Crippen LogP contribution >= 0.6 is 0 Å². The summed E-state index contributed by atoms with van der Waals surface area (Å²) in [5.41, 5.74) is 10.4. The molecule has 1 aliphatic heterocycles. The molecule has 8 nitrogen and oxygen atoms in total. The lowest BCUT2D eigenvalue weighted by Gasteiger charge is -2.34. The van der Waals surface area contributed by atoms with Crippen LogP contribution < -0.4 is 16.0 Å². The summed E-state index contributed by atoms with van der Waals surface area (Å²) in [7, 11) is 5.57. The third kappa shape index (κ3) is 5.18. The number of nitrogens with two attached hydrogens (primary N) is 1. The Balaban J connectivity index is 1.59. The molecule has 176 valence electrons. The number of nitrogens with zero attached hydrogens (tertiary/aromatic N) is 4. The number of amides is 2. The molecule has 1 aliphatic rings. The summed E-state index contributed by atoms with van der Waals surface area (Å²) in [6.07, 6.45) is 1.60. The number of carbonyl (C=O) groups excluding carboxylic acids is 2. The van der Waals surface area contributed by atoms with Crippen molar-refractivity contribution in [3.63, 3.8) is 0 Å². The average Bonchev–Trinajstić information content (AvgIpc) is 2.84. The Morgan fingerprint density at radius 1 is 0.971 bits per heavy atom. The van der Waals surface area contributed by atoms with Crippen LogP contribution in [-0.4, -0.2) is 73.9 Å². The van der Waals surface area contributed by atoms with Crippen molar-refractivity contribution in [2.75, 3.05) is 57.5 Å². The highest BCUT2D eigenvalue weighted by Gasteiger charge is 2.16. The lowest BCUT2D eigenvalue weighted by molar-refractivity contribution is 0.0827. The number of carbonyl (C=O) groups is 2. The van der Waals surface area contributed by atoms with Crippen molar-refractivity contribution in [1.29, 1.82) is 0 Å². The second kappa shape index (κ2) is 9.93. The minimum Gasteiger partial charge on any atom is -0.369 e. The number of likely N-dealkylation sites (N-methyl/N-ethyl adjacent to an activating group) is 1. The first-order valence-electron chi connectivity index (χ1n) is 11.2. The van der Waals surface area contributed by atoms with E-state index in [0.29, 0.717) is 11.3 Å². The fraction of sp³-hybridized carbons (Fsp3) is 0.269. The molecule has 0 bridgehead atoms. The van der Waals surface area contributed by atoms with Gasteiger partial charge in [0.15, 0.2) is 5.69 Å². The molecule has 34 heavy (non-hydrogen) atoms. The number of nitrogens with one attached hydrogen (secondary N) is 1. The summed E-state index contributed by atoms with van der Waals surface area (Å²) in [6.45, 7) is 4.08. The van der Waals surface area contributed by atoms with Crippen LogP contribution in [0.15, 0.2) is 60.8 Å². The highest BCUT2D eigenvalue weighted by molar-refractivity contribution is 5.98. The molecule has 0 aliphatic carbocycles. The Bertz CT molecular complexity index is 1180. The smallest absolute Gasteiger partial charge is 0.269 e. The van der Waals surface area contributed by atoms with Gasteiger partial charge < -0.3 is 25.8 Å². The van der Waals surface area contributed by atoms with Crippen molar-refractivity contribution in [1.82, 2.24) is 14.8 Å². The molecule has 8 heteroatoms. The normalized spacial score (nSPS) is 14.0. The Labute approximate surface area is 200 Å². The number of primary amides is 1. The van der Waals surface area contributed by atoms with Crippen LogP contribution in [0.2, 0.25) is 0 Å². The summed E-state index contributed by atoms with van der Waals surface area (Å²) in [5, 5.41) is 3.29. The van der Waals surface area contributed by atoms with Gasteiger partial charge in [-0.25, -0.2) is 4.98 Å². The lowest BCUT2D eigenvalue weighted by Crippen LogP contribution is -2.44. The Morgan fingerprint density at radius 2 is 1.68 bits per heavy atom. The van der Waals surface area contributed by atoms with Gasteiger partial charge in [0, 0.05) is 69.0 Å². The Hall–Kier alpha value is -3.91. The predicted molar refractivity (Wildman–Crippen MR) is 136 cm³/mol. The molecule has 2 amide bonds. The summed E-state index contributed by atoms with van der Waals surface area (Å²) in [4.78, 5) is 34.9. The average molecular weight is 459 g/mol. The fourth-order valence-electron chi connectivity index (χ4n) is 3.98. The second-order valence-corrected chi connectivity index (χ2v) is 8.73. The Kier molecular flexibility index (Phi) is 6.79. The van der Waals surface area contributed by atoms with E-state index in [1.807, 2.05) is 36.4 Å². The van der Waals surface area contributed by atoms with Crippen LogP contribution in [-0.2, 0) is 0 Å². The lowest BCUT2D eigenvalue weighted by atomic mass is 10.0. The molecule has 0 unspecified atom stereocenters. The van der Waals surface area contributed by atoms with Gasteiger partial charge >= 0.3 is 0 Å². The van der Waals surface area contributed by atoms with Gasteiger partial charge in [-0.2, -0.15) is 0 Å². The number of anilines is 3. The number of benzene rings is 2. The first-order chi connectivity index (χ1) is 16.3. The number of pyridine rings is 1. The van der Waals surface area contributed by atoms with Crippen molar-refractivity contribution in [2.45, 2.75) is 0 Å². The van der Waals surface area contributed by atoms with Crippen molar-refractivity contribution >= 4 is 28.9 Å². The zero-order valence-corrected chi connectivity index (χ0v) is 19.8. The first kappa shape index (κ1) is 23.3. The van der Waals surface area contributed by atoms with E-state index in [0.717, 1.165) is 43.0 Å². The molecule has 2 aromatic carbocycles. The molecule has 3 N–H and O–H groups in total. The molecule has 0 atom stereocenters. The minimum atomic E-state index is -0.611. The van der Waals surface area contributed by atoms with Gasteiger partial charge in [0.05, 0.1) is 5.69 Å². The second-order valence-electron chi connectivity index (χ2n) is 8.73. The van der Waals surface area contributed by atoms with Gasteiger partial charge in [-0.3, -0.25) is 9.59 Å². The molecular formula is C26H30N6O2. The maximum Gasteiger partial charge on any atom is 0.269 e. The van der Waals surface area contributed by atoms with Gasteiger partial charge in [-0.15, -0.1) is 0 Å². The highest BCUT2D eigenvalue weighted by atomic mass is 16.2. The largest absolute Gasteiger partial charge is 0.369 e. The van der Waals surface area contributed by atoms with Crippen LogP contribution in [0.1, 0.15) is 20.8 Å². The molecule has 4 rings (SSSR count). The van der Waals surface area contributed by atoms with Gasteiger partial charge in [-0.05, 0) is 55.1 Å².